The highest BCUT2D eigenvalue weighted by atomic mass is 19.1. The summed E-state index contributed by atoms with van der Waals surface area (Å²) in [6.07, 6.45) is 4.95. The largest absolute Gasteiger partial charge is 0.508 e. The molecule has 0 spiro atoms. The minimum absolute atomic E-state index is 0.0237. The third-order valence-corrected chi connectivity index (χ3v) is 5.42. The third kappa shape index (κ3) is 3.93. The summed E-state index contributed by atoms with van der Waals surface area (Å²) in [7, 11) is 0. The molecule has 3 N–H and O–H groups in total. The Morgan fingerprint density at radius 2 is 2.00 bits per heavy atom. The number of hydrogen-bond donors (Lipinski definition) is 3. The van der Waals surface area contributed by atoms with E-state index in [-0.39, 0.29) is 30.0 Å². The van der Waals surface area contributed by atoms with Crippen molar-refractivity contribution in [2.75, 3.05) is 24.7 Å². The van der Waals surface area contributed by atoms with Gasteiger partial charge in [-0.15, -0.1) is 0 Å². The summed E-state index contributed by atoms with van der Waals surface area (Å²) in [6.45, 7) is -0.378. The van der Waals surface area contributed by atoms with Gasteiger partial charge in [0.2, 0.25) is 0 Å². The second-order valence-corrected chi connectivity index (χ2v) is 7.44. The normalized spacial score (nSPS) is 21.9. The van der Waals surface area contributed by atoms with Crippen molar-refractivity contribution in [2.24, 2.45) is 5.92 Å². The monoisotopic (exact) mass is 397 g/mol. The van der Waals surface area contributed by atoms with Crippen LogP contribution in [0.2, 0.25) is 0 Å². The predicted molar refractivity (Wildman–Crippen MR) is 110 cm³/mol. The van der Waals surface area contributed by atoms with Crippen LogP contribution >= 0.6 is 0 Å². The van der Waals surface area contributed by atoms with E-state index in [9.17, 15) is 19.7 Å². The van der Waals surface area contributed by atoms with Crippen LogP contribution in [0.15, 0.2) is 66.5 Å². The van der Waals surface area contributed by atoms with E-state index in [1.807, 2.05) is 35.2 Å². The maximum Gasteiger partial charge on any atom is 0.150 e. The summed E-state index contributed by atoms with van der Waals surface area (Å²) in [5.41, 5.74) is 2.39. The summed E-state index contributed by atoms with van der Waals surface area (Å²) < 4.78 is 19.3. The van der Waals surface area contributed by atoms with E-state index in [0.29, 0.717) is 12.4 Å². The molecule has 5 nitrogen and oxygen atoms in total. The summed E-state index contributed by atoms with van der Waals surface area (Å²) in [6, 6.07) is 12.4. The molecular formula is C23H24FNO4. The van der Waals surface area contributed by atoms with Gasteiger partial charge in [0.25, 0.3) is 0 Å². The molecule has 0 radical (unpaired) electrons. The van der Waals surface area contributed by atoms with Gasteiger partial charge >= 0.3 is 0 Å². The van der Waals surface area contributed by atoms with Gasteiger partial charge in [0.15, 0.2) is 5.75 Å². The van der Waals surface area contributed by atoms with Crippen LogP contribution in [0.3, 0.4) is 0 Å². The van der Waals surface area contributed by atoms with Crippen molar-refractivity contribution in [1.29, 1.82) is 0 Å². The molecule has 1 aliphatic heterocycles. The molecule has 0 fully saturated rings. The number of hydrogen-bond acceptors (Lipinski definition) is 5. The summed E-state index contributed by atoms with van der Waals surface area (Å²) in [4.78, 5) is 1.98. The molecule has 0 amide bonds. The molecule has 3 atom stereocenters. The molecule has 29 heavy (non-hydrogen) atoms. The number of β-amino-alcohol motifs (C(OH)–C–C–N with tert-alkyl or cyclic N) is 1. The lowest BCUT2D eigenvalue weighted by Gasteiger charge is -2.43. The summed E-state index contributed by atoms with van der Waals surface area (Å²) >= 11 is 0. The van der Waals surface area contributed by atoms with E-state index >= 15 is 0 Å². The first-order valence-electron chi connectivity index (χ1n) is 9.70. The first kappa shape index (κ1) is 19.3. The molecule has 6 heteroatoms. The second kappa shape index (κ2) is 8.17. The number of anilines is 1. The molecule has 2 aliphatic rings. The number of aromatic hydroxyl groups is 1. The van der Waals surface area contributed by atoms with Gasteiger partial charge < -0.3 is 25.0 Å². The van der Waals surface area contributed by atoms with Crippen molar-refractivity contribution in [3.63, 3.8) is 0 Å². The Labute approximate surface area is 169 Å². The van der Waals surface area contributed by atoms with Gasteiger partial charge in [0, 0.05) is 18.0 Å². The van der Waals surface area contributed by atoms with Gasteiger partial charge in [-0.3, -0.25) is 0 Å². The Morgan fingerprint density at radius 3 is 2.76 bits per heavy atom. The van der Waals surface area contributed by atoms with E-state index in [2.05, 4.69) is 0 Å². The topological polar surface area (TPSA) is 73.2 Å². The molecule has 2 aromatic carbocycles. The maximum absolute atomic E-state index is 13.1. The number of aliphatic hydroxyl groups is 2. The highest BCUT2D eigenvalue weighted by Gasteiger charge is 2.35. The number of nitrogens with zero attached hydrogens (tertiary/aromatic N) is 1. The van der Waals surface area contributed by atoms with Gasteiger partial charge in [-0.2, -0.15) is 0 Å². The van der Waals surface area contributed by atoms with Crippen LogP contribution in [-0.4, -0.2) is 47.3 Å². The van der Waals surface area contributed by atoms with Crippen LogP contribution in [0.5, 0.6) is 11.5 Å². The molecule has 0 saturated heterocycles. The smallest absolute Gasteiger partial charge is 0.150 e. The zero-order chi connectivity index (χ0) is 20.4. The van der Waals surface area contributed by atoms with Crippen LogP contribution in [0.4, 0.5) is 10.1 Å². The van der Waals surface area contributed by atoms with Crippen molar-refractivity contribution in [3.8, 4) is 22.6 Å². The minimum Gasteiger partial charge on any atom is -0.508 e. The summed E-state index contributed by atoms with van der Waals surface area (Å²) in [5.74, 6) is 0.976. The molecule has 0 aromatic heterocycles. The van der Waals surface area contributed by atoms with Crippen molar-refractivity contribution in [2.45, 2.75) is 18.6 Å². The number of benzene rings is 2. The zero-order valence-corrected chi connectivity index (χ0v) is 15.9. The van der Waals surface area contributed by atoms with Gasteiger partial charge in [-0.1, -0.05) is 30.3 Å². The number of phenols is 1. The van der Waals surface area contributed by atoms with E-state index in [0.717, 1.165) is 23.2 Å². The predicted octanol–water partition coefficient (Wildman–Crippen LogP) is 3.98. The van der Waals surface area contributed by atoms with Gasteiger partial charge in [0.1, 0.15) is 24.8 Å². The van der Waals surface area contributed by atoms with E-state index in [1.54, 1.807) is 30.4 Å². The average molecular weight is 397 g/mol. The third-order valence-electron chi connectivity index (χ3n) is 5.42. The lowest BCUT2D eigenvalue weighted by atomic mass is 9.89. The van der Waals surface area contributed by atoms with Crippen LogP contribution in [-0.2, 0) is 0 Å². The lowest BCUT2D eigenvalue weighted by molar-refractivity contribution is 0.133. The maximum atomic E-state index is 13.1. The standard InChI is InChI=1S/C23H24FNO4/c24-12-19(28)13-25-21-9-3-8-20(15-4-1-6-17(26)10-15)23(21)29-14-22(25)16-5-2-7-18(27)11-16/h1-4,6-11,16,19,22,26-28H,5,12-14H2/t16?,19-,22-/m1/s1. The van der Waals surface area contributed by atoms with E-state index in [1.165, 1.54) is 0 Å². The number of alkyl halides is 1. The Balaban J connectivity index is 1.75. The summed E-state index contributed by atoms with van der Waals surface area (Å²) in [5, 5.41) is 29.8. The molecular weight excluding hydrogens is 373 g/mol. The van der Waals surface area contributed by atoms with Crippen LogP contribution < -0.4 is 9.64 Å². The Kier molecular flexibility index (Phi) is 5.45. The minimum atomic E-state index is -1.12. The highest BCUT2D eigenvalue weighted by molar-refractivity contribution is 5.80. The molecule has 2 aromatic rings. The number of phenolic OH excluding ortho intramolecular Hbond substituents is 1. The van der Waals surface area contributed by atoms with Gasteiger partial charge in [-0.05, 0) is 42.3 Å². The molecule has 1 heterocycles. The molecule has 1 aliphatic carbocycles. The first-order valence-corrected chi connectivity index (χ1v) is 9.70. The number of ether oxygens (including phenoxy) is 1. The highest BCUT2D eigenvalue weighted by Crippen LogP contribution is 2.44. The fraction of sp³-hybridized carbons (Fsp3) is 0.304. The average Bonchev–Trinajstić information content (AvgIpc) is 2.73. The zero-order valence-electron chi connectivity index (χ0n) is 15.9. The fourth-order valence-corrected chi connectivity index (χ4v) is 4.06. The van der Waals surface area contributed by atoms with Crippen molar-refractivity contribution in [1.82, 2.24) is 0 Å². The van der Waals surface area contributed by atoms with Crippen molar-refractivity contribution >= 4 is 5.69 Å². The Bertz CT molecular complexity index is 942. The molecule has 1 unspecified atom stereocenters. The molecule has 0 saturated carbocycles. The quantitative estimate of drug-likeness (QED) is 0.712. The molecule has 152 valence electrons. The number of para-hydroxylation sites is 1. The Morgan fingerprint density at radius 1 is 1.17 bits per heavy atom. The molecule has 0 bridgehead atoms. The van der Waals surface area contributed by atoms with E-state index < -0.39 is 12.8 Å². The number of allylic oxidation sites excluding steroid dienone is 2. The van der Waals surface area contributed by atoms with Gasteiger partial charge in [-0.25, -0.2) is 4.39 Å². The Hall–Kier alpha value is -2.99. The SMILES string of the molecule is OC1=CC([C@H]2COc3c(-c4cccc(O)c4)cccc3N2C[C@H](O)CF)CC=C1. The van der Waals surface area contributed by atoms with Crippen molar-refractivity contribution < 1.29 is 24.4 Å². The number of rotatable bonds is 5. The second-order valence-electron chi connectivity index (χ2n) is 7.44. The first-order chi connectivity index (χ1) is 14.1. The van der Waals surface area contributed by atoms with Crippen LogP contribution in [0.25, 0.3) is 11.1 Å². The van der Waals surface area contributed by atoms with Crippen LogP contribution in [0, 0.1) is 5.92 Å². The van der Waals surface area contributed by atoms with Crippen LogP contribution in [0.1, 0.15) is 6.42 Å². The lowest BCUT2D eigenvalue weighted by Crippen LogP contribution is -2.50. The number of aliphatic hydroxyl groups excluding tert-OH is 2. The number of halogens is 1. The number of fused-ring (bicyclic) bond motifs is 1. The fourth-order valence-electron chi connectivity index (χ4n) is 4.06. The molecule has 4 rings (SSSR count). The van der Waals surface area contributed by atoms with Crippen molar-refractivity contribution in [3.05, 3.63) is 66.5 Å². The van der Waals surface area contributed by atoms with E-state index in [4.69, 9.17) is 4.74 Å². The van der Waals surface area contributed by atoms with Gasteiger partial charge in [0.05, 0.1) is 17.8 Å².